The molecule has 0 bridgehead atoms. The molecule has 2 heterocycles. The molecule has 2 atom stereocenters. The van der Waals surface area contributed by atoms with E-state index in [1.807, 2.05) is 17.8 Å². The predicted molar refractivity (Wildman–Crippen MR) is 80.6 cm³/mol. The molecule has 7 heteroatoms. The molecule has 1 amide bonds. The summed E-state index contributed by atoms with van der Waals surface area (Å²) in [6.07, 6.45) is 7.72. The zero-order valence-corrected chi connectivity index (χ0v) is 13.6. The van der Waals surface area contributed by atoms with Crippen LogP contribution >= 0.6 is 0 Å². The van der Waals surface area contributed by atoms with Gasteiger partial charge in [0.05, 0.1) is 18.8 Å². The summed E-state index contributed by atoms with van der Waals surface area (Å²) < 4.78 is 25.1. The fourth-order valence-electron chi connectivity index (χ4n) is 2.68. The van der Waals surface area contributed by atoms with Gasteiger partial charge in [-0.3, -0.25) is 9.48 Å². The Morgan fingerprint density at radius 1 is 1.48 bits per heavy atom. The summed E-state index contributed by atoms with van der Waals surface area (Å²) >= 11 is 0. The van der Waals surface area contributed by atoms with E-state index in [4.69, 9.17) is 0 Å². The second-order valence-corrected chi connectivity index (χ2v) is 8.26. The van der Waals surface area contributed by atoms with Gasteiger partial charge in [0.15, 0.2) is 9.84 Å². The Morgan fingerprint density at radius 2 is 2.19 bits per heavy atom. The molecule has 0 N–H and O–H groups in total. The van der Waals surface area contributed by atoms with Gasteiger partial charge in [-0.25, -0.2) is 8.42 Å². The van der Waals surface area contributed by atoms with Crippen molar-refractivity contribution in [2.24, 2.45) is 0 Å². The van der Waals surface area contributed by atoms with E-state index in [1.54, 1.807) is 11.1 Å². The maximum atomic E-state index is 12.5. The fourth-order valence-corrected chi connectivity index (χ4v) is 3.18. The Morgan fingerprint density at radius 3 is 2.76 bits per heavy atom. The van der Waals surface area contributed by atoms with Crippen molar-refractivity contribution in [1.29, 1.82) is 0 Å². The molecule has 1 fully saturated rings. The van der Waals surface area contributed by atoms with Gasteiger partial charge in [0.2, 0.25) is 5.91 Å². The molecule has 0 unspecified atom stereocenters. The van der Waals surface area contributed by atoms with Gasteiger partial charge < -0.3 is 4.90 Å². The van der Waals surface area contributed by atoms with Crippen molar-refractivity contribution in [3.63, 3.8) is 0 Å². The van der Waals surface area contributed by atoms with Crippen LogP contribution in [-0.2, 0) is 21.2 Å². The van der Waals surface area contributed by atoms with Gasteiger partial charge in [-0.2, -0.15) is 5.10 Å². The number of likely N-dealkylation sites (tertiary alicyclic amines) is 1. The van der Waals surface area contributed by atoms with E-state index in [2.05, 4.69) is 5.10 Å². The Kier molecular flexibility index (Phi) is 4.70. The van der Waals surface area contributed by atoms with Crippen LogP contribution in [0.1, 0.15) is 31.7 Å². The van der Waals surface area contributed by atoms with Crippen LogP contribution in [0.3, 0.4) is 0 Å². The fraction of sp³-hybridized carbons (Fsp3) is 0.714. The lowest BCUT2D eigenvalue weighted by Crippen LogP contribution is -2.50. The highest BCUT2D eigenvalue weighted by Gasteiger charge is 2.34. The average molecular weight is 313 g/mol. The molecule has 1 aliphatic heterocycles. The minimum atomic E-state index is -3.36. The lowest BCUT2D eigenvalue weighted by Gasteiger charge is -2.37. The lowest BCUT2D eigenvalue weighted by molar-refractivity contribution is -0.134. The Bertz CT molecular complexity index is 609. The largest absolute Gasteiger partial charge is 0.337 e. The maximum absolute atomic E-state index is 12.5. The lowest BCUT2D eigenvalue weighted by atomic mass is 10.0. The molecule has 6 nitrogen and oxygen atoms in total. The number of rotatable bonds is 4. The SMILES string of the molecule is Cc1cnn(C[C@@H]2CCCCN2C(=O)[C@H](C)S(C)(=O)=O)c1. The van der Waals surface area contributed by atoms with E-state index in [9.17, 15) is 13.2 Å². The van der Waals surface area contributed by atoms with Crippen LogP contribution in [0.4, 0.5) is 0 Å². The van der Waals surface area contributed by atoms with Crippen LogP contribution in [0, 0.1) is 6.92 Å². The summed E-state index contributed by atoms with van der Waals surface area (Å²) in [6, 6.07) is 0.0229. The van der Waals surface area contributed by atoms with Crippen molar-refractivity contribution in [2.75, 3.05) is 12.8 Å². The topological polar surface area (TPSA) is 72.3 Å². The van der Waals surface area contributed by atoms with E-state index in [-0.39, 0.29) is 11.9 Å². The number of amides is 1. The normalized spacial score (nSPS) is 21.3. The van der Waals surface area contributed by atoms with Crippen LogP contribution in [-0.4, -0.2) is 53.1 Å². The highest BCUT2D eigenvalue weighted by atomic mass is 32.2. The van der Waals surface area contributed by atoms with E-state index in [1.165, 1.54) is 6.92 Å². The molecule has 0 aliphatic carbocycles. The molecule has 118 valence electrons. The van der Waals surface area contributed by atoms with Gasteiger partial charge in [-0.1, -0.05) is 0 Å². The number of aryl methyl sites for hydroxylation is 1. The number of sulfone groups is 1. The minimum absolute atomic E-state index is 0.0229. The summed E-state index contributed by atoms with van der Waals surface area (Å²) in [6.45, 7) is 4.69. The zero-order chi connectivity index (χ0) is 15.6. The number of hydrogen-bond acceptors (Lipinski definition) is 4. The van der Waals surface area contributed by atoms with Crippen LogP contribution in [0.25, 0.3) is 0 Å². The Labute approximate surface area is 126 Å². The number of carbonyl (C=O) groups excluding carboxylic acids is 1. The van der Waals surface area contributed by atoms with Gasteiger partial charge in [-0.15, -0.1) is 0 Å². The zero-order valence-electron chi connectivity index (χ0n) is 12.8. The van der Waals surface area contributed by atoms with Crippen LogP contribution in [0.5, 0.6) is 0 Å². The second kappa shape index (κ2) is 6.17. The Hall–Kier alpha value is -1.37. The van der Waals surface area contributed by atoms with Crippen molar-refractivity contribution >= 4 is 15.7 Å². The van der Waals surface area contributed by atoms with Crippen molar-refractivity contribution in [3.8, 4) is 0 Å². The average Bonchev–Trinajstić information content (AvgIpc) is 2.82. The van der Waals surface area contributed by atoms with Gasteiger partial charge in [0.25, 0.3) is 0 Å². The van der Waals surface area contributed by atoms with Crippen molar-refractivity contribution in [2.45, 2.75) is 50.9 Å². The van der Waals surface area contributed by atoms with Crippen LogP contribution < -0.4 is 0 Å². The van der Waals surface area contributed by atoms with Gasteiger partial charge in [0, 0.05) is 19.0 Å². The Balaban J connectivity index is 2.13. The first-order chi connectivity index (χ1) is 9.79. The quantitative estimate of drug-likeness (QED) is 0.831. The minimum Gasteiger partial charge on any atom is -0.337 e. The first-order valence-corrected chi connectivity index (χ1v) is 9.23. The molecule has 2 rings (SSSR count). The van der Waals surface area contributed by atoms with E-state index in [0.717, 1.165) is 31.1 Å². The molecule has 1 aromatic heterocycles. The van der Waals surface area contributed by atoms with E-state index in [0.29, 0.717) is 13.1 Å². The summed E-state index contributed by atoms with van der Waals surface area (Å²) in [5.41, 5.74) is 1.08. The second-order valence-electron chi connectivity index (χ2n) is 5.89. The molecule has 0 radical (unpaired) electrons. The summed E-state index contributed by atoms with van der Waals surface area (Å²) in [7, 11) is -3.36. The number of aromatic nitrogens is 2. The molecule has 21 heavy (non-hydrogen) atoms. The molecule has 0 aromatic carbocycles. The van der Waals surface area contributed by atoms with Crippen molar-refractivity contribution < 1.29 is 13.2 Å². The van der Waals surface area contributed by atoms with E-state index < -0.39 is 15.1 Å². The van der Waals surface area contributed by atoms with Crippen molar-refractivity contribution in [1.82, 2.24) is 14.7 Å². The monoisotopic (exact) mass is 313 g/mol. The highest BCUT2D eigenvalue weighted by molar-refractivity contribution is 7.92. The molecular weight excluding hydrogens is 290 g/mol. The third kappa shape index (κ3) is 3.84. The first-order valence-electron chi connectivity index (χ1n) is 7.27. The van der Waals surface area contributed by atoms with Gasteiger partial charge >= 0.3 is 0 Å². The van der Waals surface area contributed by atoms with E-state index >= 15 is 0 Å². The van der Waals surface area contributed by atoms with Crippen LogP contribution in [0.15, 0.2) is 12.4 Å². The highest BCUT2D eigenvalue weighted by Crippen LogP contribution is 2.21. The predicted octanol–water partition coefficient (Wildman–Crippen LogP) is 1.01. The van der Waals surface area contributed by atoms with Crippen molar-refractivity contribution in [3.05, 3.63) is 18.0 Å². The third-order valence-electron chi connectivity index (χ3n) is 4.06. The summed E-state index contributed by atoms with van der Waals surface area (Å²) in [5.74, 6) is -0.286. The van der Waals surface area contributed by atoms with Gasteiger partial charge in [-0.05, 0) is 38.7 Å². The smallest absolute Gasteiger partial charge is 0.240 e. The number of nitrogens with zero attached hydrogens (tertiary/aromatic N) is 3. The molecule has 0 spiro atoms. The summed E-state index contributed by atoms with van der Waals surface area (Å²) in [4.78, 5) is 14.2. The molecule has 1 saturated heterocycles. The van der Waals surface area contributed by atoms with Gasteiger partial charge in [0.1, 0.15) is 5.25 Å². The molecule has 1 aromatic rings. The third-order valence-corrected chi connectivity index (χ3v) is 5.55. The molecular formula is C14H23N3O3S. The standard InChI is InChI=1S/C14H23N3O3S/c1-11-8-15-16(9-11)10-13-6-4-5-7-17(13)14(18)12(2)21(3,19)20/h8-9,12-13H,4-7,10H2,1-3H3/t12-,13-/m0/s1. The number of hydrogen-bond donors (Lipinski definition) is 0. The number of carbonyl (C=O) groups is 1. The maximum Gasteiger partial charge on any atom is 0.240 e. The number of piperidine rings is 1. The molecule has 1 aliphatic rings. The summed E-state index contributed by atoms with van der Waals surface area (Å²) in [5, 5.41) is 3.28. The van der Waals surface area contributed by atoms with Crippen LogP contribution in [0.2, 0.25) is 0 Å². The molecule has 0 saturated carbocycles. The first kappa shape index (κ1) is 16.0.